The zero-order chi connectivity index (χ0) is 12.1. The van der Waals surface area contributed by atoms with Crippen LogP contribution < -0.4 is 5.32 Å². The molecule has 1 aliphatic heterocycles. The minimum absolute atomic E-state index is 0.382. The predicted molar refractivity (Wildman–Crippen MR) is 71.6 cm³/mol. The Morgan fingerprint density at radius 2 is 2.24 bits per heavy atom. The van der Waals surface area contributed by atoms with Crippen molar-refractivity contribution < 1.29 is 4.74 Å². The third kappa shape index (κ3) is 3.50. The lowest BCUT2D eigenvalue weighted by Gasteiger charge is -2.37. The predicted octanol–water partition coefficient (Wildman–Crippen LogP) is 2.40. The first-order chi connectivity index (χ1) is 8.24. The van der Waals surface area contributed by atoms with Crippen LogP contribution >= 0.6 is 11.3 Å². The van der Waals surface area contributed by atoms with E-state index in [-0.39, 0.29) is 0 Å². The maximum Gasteiger partial charge on any atom is 0.0896 e. The molecule has 1 saturated heterocycles. The maximum absolute atomic E-state index is 5.51. The lowest BCUT2D eigenvalue weighted by molar-refractivity contribution is 0.0155. The molecule has 0 bridgehead atoms. The van der Waals surface area contributed by atoms with E-state index in [1.54, 1.807) is 0 Å². The molecule has 0 saturated carbocycles. The number of aromatic nitrogens is 1. The normalized spacial score (nSPS) is 19.4. The van der Waals surface area contributed by atoms with Crippen molar-refractivity contribution in [3.8, 4) is 0 Å². The van der Waals surface area contributed by atoms with Gasteiger partial charge in [0.1, 0.15) is 0 Å². The molecule has 0 atom stereocenters. The van der Waals surface area contributed by atoms with Gasteiger partial charge in [-0.3, -0.25) is 0 Å². The van der Waals surface area contributed by atoms with E-state index < -0.39 is 0 Å². The minimum atomic E-state index is 0.382. The molecule has 3 nitrogen and oxygen atoms in total. The Labute approximate surface area is 108 Å². The molecule has 0 amide bonds. The summed E-state index contributed by atoms with van der Waals surface area (Å²) in [7, 11) is 0. The Kier molecular flexibility index (Phi) is 4.54. The van der Waals surface area contributed by atoms with Crippen molar-refractivity contribution in [1.29, 1.82) is 0 Å². The van der Waals surface area contributed by atoms with E-state index in [2.05, 4.69) is 24.1 Å². The molecule has 0 radical (unpaired) electrons. The van der Waals surface area contributed by atoms with Crippen molar-refractivity contribution in [3.63, 3.8) is 0 Å². The van der Waals surface area contributed by atoms with Gasteiger partial charge in [0.05, 0.1) is 5.01 Å². The van der Waals surface area contributed by atoms with Crippen LogP contribution in [0.25, 0.3) is 0 Å². The van der Waals surface area contributed by atoms with Crippen LogP contribution in [-0.4, -0.2) is 31.3 Å². The van der Waals surface area contributed by atoms with Crippen molar-refractivity contribution >= 4 is 11.3 Å². The summed E-state index contributed by atoms with van der Waals surface area (Å²) in [5.41, 5.74) is 0.382. The summed E-state index contributed by atoms with van der Waals surface area (Å²) in [6, 6.07) is 0. The summed E-state index contributed by atoms with van der Waals surface area (Å²) in [6.07, 6.45) is 5.52. The van der Waals surface area contributed by atoms with Crippen LogP contribution in [-0.2, 0) is 11.2 Å². The third-order valence-corrected chi connectivity index (χ3v) is 4.43. The van der Waals surface area contributed by atoms with Crippen LogP contribution in [0.3, 0.4) is 0 Å². The highest BCUT2D eigenvalue weighted by molar-refractivity contribution is 7.11. The van der Waals surface area contributed by atoms with Gasteiger partial charge in [-0.05, 0) is 38.1 Å². The topological polar surface area (TPSA) is 34.2 Å². The number of ether oxygens (including phenoxy) is 1. The molecule has 96 valence electrons. The first-order valence-corrected chi connectivity index (χ1v) is 7.25. The molecule has 0 unspecified atom stereocenters. The molecule has 2 rings (SSSR count). The summed E-state index contributed by atoms with van der Waals surface area (Å²) in [5, 5.41) is 4.69. The molecule has 17 heavy (non-hydrogen) atoms. The van der Waals surface area contributed by atoms with Crippen LogP contribution in [0.4, 0.5) is 0 Å². The fourth-order valence-corrected chi connectivity index (χ4v) is 3.44. The summed E-state index contributed by atoms with van der Waals surface area (Å²) in [5.74, 6) is 0. The molecule has 1 aliphatic rings. The van der Waals surface area contributed by atoms with Crippen LogP contribution in [0.5, 0.6) is 0 Å². The van der Waals surface area contributed by atoms with Gasteiger partial charge in [-0.25, -0.2) is 4.98 Å². The van der Waals surface area contributed by atoms with E-state index in [0.29, 0.717) is 5.41 Å². The number of nitrogens with zero attached hydrogens (tertiary/aromatic N) is 1. The first kappa shape index (κ1) is 13.0. The van der Waals surface area contributed by atoms with Crippen molar-refractivity contribution in [2.24, 2.45) is 5.41 Å². The fraction of sp³-hybridized carbons (Fsp3) is 0.769. The smallest absolute Gasteiger partial charge is 0.0896 e. The summed E-state index contributed by atoms with van der Waals surface area (Å²) < 4.78 is 5.51. The van der Waals surface area contributed by atoms with Gasteiger partial charge in [-0.15, -0.1) is 11.3 Å². The quantitative estimate of drug-likeness (QED) is 0.876. The minimum Gasteiger partial charge on any atom is -0.381 e. The highest BCUT2D eigenvalue weighted by Crippen LogP contribution is 2.35. The maximum atomic E-state index is 5.51. The van der Waals surface area contributed by atoms with Gasteiger partial charge in [0.25, 0.3) is 0 Å². The van der Waals surface area contributed by atoms with Gasteiger partial charge in [-0.1, -0.05) is 6.92 Å². The number of nitrogens with one attached hydrogen (secondary N) is 1. The van der Waals surface area contributed by atoms with Crippen LogP contribution in [0, 0.1) is 12.3 Å². The highest BCUT2D eigenvalue weighted by Gasteiger charge is 2.32. The van der Waals surface area contributed by atoms with Gasteiger partial charge >= 0.3 is 0 Å². The van der Waals surface area contributed by atoms with Crippen molar-refractivity contribution in [3.05, 3.63) is 16.1 Å². The molecule has 2 heterocycles. The molecule has 4 heteroatoms. The Bertz CT molecular complexity index is 345. The second-order valence-corrected chi connectivity index (χ2v) is 6.23. The molecule has 0 aliphatic carbocycles. The molecule has 0 aromatic carbocycles. The van der Waals surface area contributed by atoms with Gasteiger partial charge in [-0.2, -0.15) is 0 Å². The molecular weight excluding hydrogens is 232 g/mol. The zero-order valence-corrected chi connectivity index (χ0v) is 11.6. The van der Waals surface area contributed by atoms with Gasteiger partial charge in [0.15, 0.2) is 0 Å². The first-order valence-electron chi connectivity index (χ1n) is 6.44. The number of hydrogen-bond acceptors (Lipinski definition) is 4. The number of hydrogen-bond donors (Lipinski definition) is 1. The fourth-order valence-electron chi connectivity index (χ4n) is 2.47. The van der Waals surface area contributed by atoms with Crippen molar-refractivity contribution in [2.45, 2.75) is 33.1 Å². The van der Waals surface area contributed by atoms with Crippen LogP contribution in [0.2, 0.25) is 0 Å². The largest absolute Gasteiger partial charge is 0.381 e. The Morgan fingerprint density at radius 3 is 2.82 bits per heavy atom. The van der Waals surface area contributed by atoms with Gasteiger partial charge in [0, 0.05) is 30.8 Å². The third-order valence-electron chi connectivity index (χ3n) is 3.52. The van der Waals surface area contributed by atoms with Crippen LogP contribution in [0.15, 0.2) is 6.20 Å². The SMILES string of the molecule is CCNCC1(Cc2cnc(C)s2)CCOCC1. The monoisotopic (exact) mass is 254 g/mol. The second-order valence-electron chi connectivity index (χ2n) is 4.92. The Morgan fingerprint density at radius 1 is 1.47 bits per heavy atom. The number of thiazole rings is 1. The molecule has 1 N–H and O–H groups in total. The lowest BCUT2D eigenvalue weighted by atomic mass is 9.77. The molecule has 1 aromatic heterocycles. The Hall–Kier alpha value is -0.450. The highest BCUT2D eigenvalue weighted by atomic mass is 32.1. The lowest BCUT2D eigenvalue weighted by Crippen LogP contribution is -2.40. The summed E-state index contributed by atoms with van der Waals surface area (Å²) >= 11 is 1.83. The number of aryl methyl sites for hydroxylation is 1. The van der Waals surface area contributed by atoms with Gasteiger partial charge < -0.3 is 10.1 Å². The standard InChI is InChI=1S/C13H22N2OS/c1-3-14-10-13(4-6-16-7-5-13)8-12-9-15-11(2)17-12/h9,14H,3-8,10H2,1-2H3. The van der Waals surface area contributed by atoms with Crippen molar-refractivity contribution in [1.82, 2.24) is 10.3 Å². The van der Waals surface area contributed by atoms with E-state index >= 15 is 0 Å². The van der Waals surface area contributed by atoms with Crippen molar-refractivity contribution in [2.75, 3.05) is 26.3 Å². The van der Waals surface area contributed by atoms with E-state index in [4.69, 9.17) is 4.74 Å². The second kappa shape index (κ2) is 5.94. The van der Waals surface area contributed by atoms with Crippen LogP contribution in [0.1, 0.15) is 29.7 Å². The zero-order valence-electron chi connectivity index (χ0n) is 10.8. The van der Waals surface area contributed by atoms with Gasteiger partial charge in [0.2, 0.25) is 0 Å². The Balaban J connectivity index is 2.03. The molecule has 0 spiro atoms. The number of rotatable bonds is 5. The summed E-state index contributed by atoms with van der Waals surface area (Å²) in [4.78, 5) is 5.78. The molecule has 1 aromatic rings. The van der Waals surface area contributed by atoms with E-state index in [9.17, 15) is 0 Å². The average molecular weight is 254 g/mol. The molecular formula is C13H22N2OS. The average Bonchev–Trinajstić information content (AvgIpc) is 2.73. The molecule has 1 fully saturated rings. The van der Waals surface area contributed by atoms with E-state index in [1.807, 2.05) is 17.5 Å². The summed E-state index contributed by atoms with van der Waals surface area (Å²) in [6.45, 7) is 8.21. The van der Waals surface area contributed by atoms with E-state index in [1.165, 1.54) is 9.88 Å². The van der Waals surface area contributed by atoms with E-state index in [0.717, 1.165) is 45.6 Å².